The molecular weight excluding hydrogens is 248 g/mol. The second kappa shape index (κ2) is 4.93. The Morgan fingerprint density at radius 2 is 2.21 bits per heavy atom. The van der Waals surface area contributed by atoms with Gasteiger partial charge in [0, 0.05) is 30.3 Å². The van der Waals surface area contributed by atoms with Crippen LogP contribution in [0, 0.1) is 10.1 Å². The van der Waals surface area contributed by atoms with Crippen LogP contribution in [0.25, 0.3) is 10.9 Å². The topological polar surface area (TPSA) is 85.4 Å². The molecule has 0 aliphatic heterocycles. The molecule has 0 radical (unpaired) electrons. The highest BCUT2D eigenvalue weighted by Crippen LogP contribution is 2.26. The number of hydrogen-bond acceptors (Lipinski definition) is 3. The van der Waals surface area contributed by atoms with Crippen molar-refractivity contribution < 1.29 is 14.8 Å². The van der Waals surface area contributed by atoms with E-state index in [0.717, 1.165) is 11.5 Å². The van der Waals surface area contributed by atoms with Crippen molar-refractivity contribution in [3.8, 4) is 0 Å². The summed E-state index contributed by atoms with van der Waals surface area (Å²) >= 11 is 0. The Morgan fingerprint density at radius 1 is 1.47 bits per heavy atom. The van der Waals surface area contributed by atoms with E-state index in [4.69, 9.17) is 5.11 Å². The summed E-state index contributed by atoms with van der Waals surface area (Å²) in [5.74, 6) is -1.02. The van der Waals surface area contributed by atoms with E-state index in [0.29, 0.717) is 17.6 Å². The van der Waals surface area contributed by atoms with Crippen molar-refractivity contribution in [2.24, 2.45) is 0 Å². The molecule has 6 heteroatoms. The molecule has 0 aliphatic carbocycles. The van der Waals surface area contributed by atoms with Crippen molar-refractivity contribution in [1.82, 2.24) is 4.57 Å². The quantitative estimate of drug-likeness (QED) is 0.520. The third-order valence-corrected chi connectivity index (χ3v) is 2.75. The fourth-order valence-electron chi connectivity index (χ4n) is 2.05. The van der Waals surface area contributed by atoms with Crippen LogP contribution in [-0.2, 0) is 11.3 Å². The third-order valence-electron chi connectivity index (χ3n) is 2.75. The minimum Gasteiger partial charge on any atom is -0.478 e. The molecular formula is C13H12N2O4. The van der Waals surface area contributed by atoms with Gasteiger partial charge in [0.1, 0.15) is 5.52 Å². The molecule has 0 unspecified atom stereocenters. The van der Waals surface area contributed by atoms with Crippen LogP contribution in [-0.4, -0.2) is 20.6 Å². The summed E-state index contributed by atoms with van der Waals surface area (Å²) in [7, 11) is 0. The van der Waals surface area contributed by atoms with Gasteiger partial charge < -0.3 is 9.67 Å². The van der Waals surface area contributed by atoms with E-state index < -0.39 is 10.9 Å². The molecule has 0 saturated heterocycles. The summed E-state index contributed by atoms with van der Waals surface area (Å²) in [6.45, 7) is 1.98. The summed E-state index contributed by atoms with van der Waals surface area (Å²) in [6.07, 6.45) is 2.82. The number of nitro groups is 1. The molecule has 2 aromatic rings. The Morgan fingerprint density at radius 3 is 2.84 bits per heavy atom. The predicted molar refractivity (Wildman–Crippen MR) is 70.0 cm³/mol. The molecule has 0 bridgehead atoms. The van der Waals surface area contributed by atoms with Crippen molar-refractivity contribution >= 4 is 22.6 Å². The van der Waals surface area contributed by atoms with Gasteiger partial charge in [-0.1, -0.05) is 12.1 Å². The zero-order chi connectivity index (χ0) is 14.0. The number of aromatic nitrogens is 1. The first-order valence-corrected chi connectivity index (χ1v) is 5.61. The lowest BCUT2D eigenvalue weighted by atomic mass is 10.2. The van der Waals surface area contributed by atoms with Crippen LogP contribution in [0.1, 0.15) is 6.92 Å². The lowest BCUT2D eigenvalue weighted by Crippen LogP contribution is -2.02. The number of hydrogen-bond donors (Lipinski definition) is 1. The normalized spacial score (nSPS) is 11.7. The van der Waals surface area contributed by atoms with Gasteiger partial charge in [-0.2, -0.15) is 0 Å². The van der Waals surface area contributed by atoms with Gasteiger partial charge in [-0.25, -0.2) is 4.79 Å². The summed E-state index contributed by atoms with van der Waals surface area (Å²) in [5.41, 5.74) is 1.14. The smallest absolute Gasteiger partial charge is 0.328 e. The van der Waals surface area contributed by atoms with E-state index in [1.54, 1.807) is 35.9 Å². The molecule has 1 aromatic carbocycles. The summed E-state index contributed by atoms with van der Waals surface area (Å²) in [5, 5.41) is 20.4. The number of nitrogens with zero attached hydrogens (tertiary/aromatic N) is 2. The minimum absolute atomic E-state index is 0.0191. The highest BCUT2D eigenvalue weighted by molar-refractivity contribution is 5.88. The number of carboxylic acids is 1. The molecule has 0 amide bonds. The maximum atomic E-state index is 11.0. The van der Waals surface area contributed by atoms with Gasteiger partial charge in [-0.05, 0) is 18.6 Å². The average molecular weight is 260 g/mol. The molecule has 1 aromatic heterocycles. The number of non-ortho nitro benzene ring substituents is 1. The van der Waals surface area contributed by atoms with E-state index in [-0.39, 0.29) is 5.69 Å². The number of fused-ring (bicyclic) bond motifs is 1. The van der Waals surface area contributed by atoms with E-state index in [2.05, 4.69) is 0 Å². The lowest BCUT2D eigenvalue weighted by molar-refractivity contribution is -0.383. The summed E-state index contributed by atoms with van der Waals surface area (Å²) < 4.78 is 1.68. The molecule has 0 fully saturated rings. The molecule has 19 heavy (non-hydrogen) atoms. The Labute approximate surface area is 108 Å². The number of carboxylic acid groups (broad SMARTS) is 1. The third kappa shape index (κ3) is 2.62. The SMILES string of the molecule is C/C(=C/C(=O)O)Cn1ccc2cccc([N+](=O)[O-])c21. The highest BCUT2D eigenvalue weighted by atomic mass is 16.6. The molecule has 1 heterocycles. The molecule has 2 rings (SSSR count). The molecule has 1 N–H and O–H groups in total. The van der Waals surface area contributed by atoms with Crippen LogP contribution >= 0.6 is 0 Å². The van der Waals surface area contributed by atoms with E-state index in [1.165, 1.54) is 6.07 Å². The summed E-state index contributed by atoms with van der Waals surface area (Å²) in [6, 6.07) is 6.63. The van der Waals surface area contributed by atoms with Crippen molar-refractivity contribution in [3.05, 3.63) is 52.2 Å². The number of para-hydroxylation sites is 1. The Balaban J connectivity index is 2.50. The number of rotatable bonds is 4. The lowest BCUT2D eigenvalue weighted by Gasteiger charge is -2.05. The average Bonchev–Trinajstić information content (AvgIpc) is 2.71. The van der Waals surface area contributed by atoms with E-state index >= 15 is 0 Å². The van der Waals surface area contributed by atoms with Crippen LogP contribution in [0.15, 0.2) is 42.1 Å². The fourth-order valence-corrected chi connectivity index (χ4v) is 2.05. The van der Waals surface area contributed by atoms with Crippen molar-refractivity contribution in [2.45, 2.75) is 13.5 Å². The maximum absolute atomic E-state index is 11.0. The van der Waals surface area contributed by atoms with E-state index in [9.17, 15) is 14.9 Å². The first-order valence-electron chi connectivity index (χ1n) is 5.61. The number of aliphatic carboxylic acids is 1. The molecule has 0 spiro atoms. The van der Waals surface area contributed by atoms with Crippen molar-refractivity contribution in [2.75, 3.05) is 0 Å². The number of nitro benzene ring substituents is 1. The van der Waals surface area contributed by atoms with Gasteiger partial charge in [0.2, 0.25) is 0 Å². The zero-order valence-corrected chi connectivity index (χ0v) is 10.2. The standard InChI is InChI=1S/C13H12N2O4/c1-9(7-12(16)17)8-14-6-5-10-3-2-4-11(13(10)14)15(18)19/h2-7H,8H2,1H3,(H,16,17)/b9-7-. The first kappa shape index (κ1) is 12.8. The number of carbonyl (C=O) groups is 1. The monoisotopic (exact) mass is 260 g/mol. The minimum atomic E-state index is -1.02. The molecule has 0 aliphatic rings. The van der Waals surface area contributed by atoms with Crippen LogP contribution in [0.3, 0.4) is 0 Å². The first-order chi connectivity index (χ1) is 8.99. The van der Waals surface area contributed by atoms with Crippen LogP contribution < -0.4 is 0 Å². The maximum Gasteiger partial charge on any atom is 0.328 e. The van der Waals surface area contributed by atoms with E-state index in [1.807, 2.05) is 0 Å². The number of allylic oxidation sites excluding steroid dienone is 1. The van der Waals surface area contributed by atoms with Gasteiger partial charge in [-0.3, -0.25) is 10.1 Å². The Kier molecular flexibility index (Phi) is 3.33. The van der Waals surface area contributed by atoms with Crippen LogP contribution in [0.5, 0.6) is 0 Å². The Bertz CT molecular complexity index is 685. The predicted octanol–water partition coefficient (Wildman–Crippen LogP) is 2.58. The van der Waals surface area contributed by atoms with Crippen molar-refractivity contribution in [1.29, 1.82) is 0 Å². The molecule has 6 nitrogen and oxygen atoms in total. The Hall–Kier alpha value is -2.63. The van der Waals surface area contributed by atoms with Gasteiger partial charge in [0.25, 0.3) is 5.69 Å². The second-order valence-corrected chi connectivity index (χ2v) is 4.24. The highest BCUT2D eigenvalue weighted by Gasteiger charge is 2.15. The second-order valence-electron chi connectivity index (χ2n) is 4.24. The number of benzene rings is 1. The fraction of sp³-hybridized carbons (Fsp3) is 0.154. The van der Waals surface area contributed by atoms with Crippen molar-refractivity contribution in [3.63, 3.8) is 0 Å². The van der Waals surface area contributed by atoms with Gasteiger partial charge >= 0.3 is 5.97 Å². The molecule has 0 atom stereocenters. The largest absolute Gasteiger partial charge is 0.478 e. The van der Waals surface area contributed by atoms with Crippen LogP contribution in [0.2, 0.25) is 0 Å². The zero-order valence-electron chi connectivity index (χ0n) is 10.2. The molecule has 0 saturated carbocycles. The van der Waals surface area contributed by atoms with Gasteiger partial charge in [-0.15, -0.1) is 0 Å². The van der Waals surface area contributed by atoms with Crippen LogP contribution in [0.4, 0.5) is 5.69 Å². The summed E-state index contributed by atoms with van der Waals surface area (Å²) in [4.78, 5) is 21.2. The van der Waals surface area contributed by atoms with Gasteiger partial charge in [0.15, 0.2) is 0 Å². The van der Waals surface area contributed by atoms with Gasteiger partial charge in [0.05, 0.1) is 4.92 Å². The molecule has 98 valence electrons.